The van der Waals surface area contributed by atoms with Crippen molar-refractivity contribution in [2.75, 3.05) is 6.54 Å². The predicted molar refractivity (Wildman–Crippen MR) is 104 cm³/mol. The minimum Gasteiger partial charge on any atom is -0.343 e. The van der Waals surface area contributed by atoms with E-state index in [4.69, 9.17) is 4.74 Å². The first-order valence-corrected chi connectivity index (χ1v) is 10.0. The highest BCUT2D eigenvalue weighted by Crippen LogP contribution is 2.53. The average Bonchev–Trinajstić information content (AvgIpc) is 3.12. The van der Waals surface area contributed by atoms with Gasteiger partial charge >= 0.3 is 0 Å². The van der Waals surface area contributed by atoms with Gasteiger partial charge in [0.05, 0.1) is 0 Å². The van der Waals surface area contributed by atoms with Crippen LogP contribution in [0, 0.1) is 0 Å². The van der Waals surface area contributed by atoms with E-state index in [0.29, 0.717) is 6.04 Å². The Morgan fingerprint density at radius 2 is 1.42 bits per heavy atom. The van der Waals surface area contributed by atoms with Crippen molar-refractivity contribution in [3.05, 3.63) is 68.6 Å². The van der Waals surface area contributed by atoms with E-state index in [-0.39, 0.29) is 5.72 Å². The third-order valence-electron chi connectivity index (χ3n) is 5.37. The lowest BCUT2D eigenvalue weighted by molar-refractivity contribution is -0.107. The third-order valence-corrected chi connectivity index (χ3v) is 6.43. The standard InChI is InChI=1S/C20H21Br2NO/c1-19(2)23-13-3-4-18(23)20(24-19,14-5-9-16(21)10-6-14)15-7-11-17(22)12-8-15/h5-12,18H,3-4,13H2,1-2H3. The molecule has 2 nitrogen and oxygen atoms in total. The highest BCUT2D eigenvalue weighted by Gasteiger charge is 2.59. The lowest BCUT2D eigenvalue weighted by atomic mass is 9.79. The molecule has 2 aromatic rings. The molecule has 0 radical (unpaired) electrons. The zero-order valence-electron chi connectivity index (χ0n) is 13.9. The molecule has 1 unspecified atom stereocenters. The highest BCUT2D eigenvalue weighted by molar-refractivity contribution is 9.10. The van der Waals surface area contributed by atoms with Crippen LogP contribution >= 0.6 is 31.9 Å². The van der Waals surface area contributed by atoms with Gasteiger partial charge in [-0.25, -0.2) is 0 Å². The topological polar surface area (TPSA) is 12.5 Å². The maximum Gasteiger partial charge on any atom is 0.136 e. The van der Waals surface area contributed by atoms with Crippen molar-refractivity contribution >= 4 is 31.9 Å². The van der Waals surface area contributed by atoms with Gasteiger partial charge in [-0.3, -0.25) is 4.90 Å². The van der Waals surface area contributed by atoms with Crippen molar-refractivity contribution < 1.29 is 4.74 Å². The third kappa shape index (κ3) is 2.50. The van der Waals surface area contributed by atoms with Crippen LogP contribution in [0.2, 0.25) is 0 Å². The van der Waals surface area contributed by atoms with Crippen molar-refractivity contribution in [3.8, 4) is 0 Å². The molecule has 0 aliphatic carbocycles. The first-order valence-electron chi connectivity index (χ1n) is 8.42. The minimum absolute atomic E-state index is 0.263. The van der Waals surface area contributed by atoms with Crippen LogP contribution in [0.1, 0.15) is 37.8 Å². The van der Waals surface area contributed by atoms with Gasteiger partial charge in [0, 0.05) is 21.5 Å². The Balaban J connectivity index is 1.93. The Morgan fingerprint density at radius 3 is 1.92 bits per heavy atom. The van der Waals surface area contributed by atoms with Gasteiger partial charge in [-0.05, 0) is 62.1 Å². The maximum absolute atomic E-state index is 6.85. The Kier molecular flexibility index (Phi) is 4.15. The molecule has 2 aliphatic heterocycles. The van der Waals surface area contributed by atoms with Crippen molar-refractivity contribution in [3.63, 3.8) is 0 Å². The van der Waals surface area contributed by atoms with Crippen LogP contribution in [-0.4, -0.2) is 23.2 Å². The molecule has 4 rings (SSSR count). The molecule has 0 N–H and O–H groups in total. The van der Waals surface area contributed by atoms with Gasteiger partial charge in [0.2, 0.25) is 0 Å². The molecule has 126 valence electrons. The van der Waals surface area contributed by atoms with Crippen molar-refractivity contribution in [1.82, 2.24) is 4.90 Å². The zero-order chi connectivity index (χ0) is 16.9. The second-order valence-corrected chi connectivity index (χ2v) is 8.98. The van der Waals surface area contributed by atoms with E-state index >= 15 is 0 Å². The highest BCUT2D eigenvalue weighted by atomic mass is 79.9. The number of ether oxygens (including phenoxy) is 1. The Bertz CT molecular complexity index is 694. The number of nitrogens with zero attached hydrogens (tertiary/aromatic N) is 1. The van der Waals surface area contributed by atoms with E-state index in [1.165, 1.54) is 17.5 Å². The van der Waals surface area contributed by atoms with Gasteiger partial charge in [-0.2, -0.15) is 0 Å². The van der Waals surface area contributed by atoms with Crippen LogP contribution in [0.15, 0.2) is 57.5 Å². The summed E-state index contributed by atoms with van der Waals surface area (Å²) in [6, 6.07) is 17.6. The van der Waals surface area contributed by atoms with Gasteiger partial charge in [-0.1, -0.05) is 56.1 Å². The van der Waals surface area contributed by atoms with E-state index in [1.807, 2.05) is 0 Å². The maximum atomic E-state index is 6.85. The smallest absolute Gasteiger partial charge is 0.136 e. The number of hydrogen-bond acceptors (Lipinski definition) is 2. The van der Waals surface area contributed by atoms with Crippen LogP contribution < -0.4 is 0 Å². The van der Waals surface area contributed by atoms with Gasteiger partial charge in [0.15, 0.2) is 0 Å². The summed E-state index contributed by atoms with van der Waals surface area (Å²) >= 11 is 7.12. The number of hydrogen-bond donors (Lipinski definition) is 0. The Morgan fingerprint density at radius 1 is 0.917 bits per heavy atom. The molecule has 2 aliphatic rings. The molecule has 2 heterocycles. The van der Waals surface area contributed by atoms with Crippen molar-refractivity contribution in [2.45, 2.75) is 44.1 Å². The van der Waals surface area contributed by atoms with Crippen LogP contribution in [0.3, 0.4) is 0 Å². The summed E-state index contributed by atoms with van der Waals surface area (Å²) in [6.07, 6.45) is 2.39. The number of rotatable bonds is 2. The fourth-order valence-corrected chi connectivity index (χ4v) is 4.95. The van der Waals surface area contributed by atoms with Gasteiger partial charge in [-0.15, -0.1) is 0 Å². The SMILES string of the molecule is CC1(C)OC(c2ccc(Br)cc2)(c2ccc(Br)cc2)C2CCCN21. The molecule has 0 bridgehead atoms. The summed E-state index contributed by atoms with van der Waals surface area (Å²) in [5, 5.41) is 0. The van der Waals surface area contributed by atoms with E-state index < -0.39 is 5.60 Å². The van der Waals surface area contributed by atoms with Crippen LogP contribution in [0.4, 0.5) is 0 Å². The fraction of sp³-hybridized carbons (Fsp3) is 0.400. The predicted octanol–water partition coefficient (Wildman–Crippen LogP) is 5.69. The van der Waals surface area contributed by atoms with Gasteiger partial charge in [0.1, 0.15) is 11.3 Å². The Hall–Kier alpha value is -0.680. The summed E-state index contributed by atoms with van der Waals surface area (Å²) in [5.74, 6) is 0. The zero-order valence-corrected chi connectivity index (χ0v) is 17.1. The monoisotopic (exact) mass is 449 g/mol. The lowest BCUT2D eigenvalue weighted by Crippen LogP contribution is -2.42. The molecule has 4 heteroatoms. The van der Waals surface area contributed by atoms with E-state index in [1.54, 1.807) is 0 Å². The molecule has 0 spiro atoms. The summed E-state index contributed by atoms with van der Waals surface area (Å²) in [6.45, 7) is 5.50. The quantitative estimate of drug-likeness (QED) is 0.582. The molecular formula is C20H21Br2NO. The van der Waals surface area contributed by atoms with E-state index in [2.05, 4.69) is 99.1 Å². The molecule has 0 amide bonds. The normalized spacial score (nSPS) is 24.9. The van der Waals surface area contributed by atoms with Gasteiger partial charge in [0.25, 0.3) is 0 Å². The molecule has 1 atom stereocenters. The van der Waals surface area contributed by atoms with Gasteiger partial charge < -0.3 is 4.74 Å². The lowest BCUT2D eigenvalue weighted by Gasteiger charge is -2.35. The fourth-order valence-electron chi connectivity index (χ4n) is 4.42. The molecule has 2 saturated heterocycles. The number of benzene rings is 2. The average molecular weight is 451 g/mol. The molecule has 0 saturated carbocycles. The molecular weight excluding hydrogens is 430 g/mol. The largest absolute Gasteiger partial charge is 0.343 e. The molecule has 24 heavy (non-hydrogen) atoms. The molecule has 2 aromatic carbocycles. The van der Waals surface area contributed by atoms with Crippen LogP contribution in [-0.2, 0) is 10.3 Å². The summed E-state index contributed by atoms with van der Waals surface area (Å²) in [7, 11) is 0. The number of halogens is 2. The minimum atomic E-state index is -0.415. The van der Waals surface area contributed by atoms with Crippen LogP contribution in [0.25, 0.3) is 0 Å². The summed E-state index contributed by atoms with van der Waals surface area (Å²) in [5.41, 5.74) is 1.79. The summed E-state index contributed by atoms with van der Waals surface area (Å²) in [4.78, 5) is 2.54. The van der Waals surface area contributed by atoms with Crippen molar-refractivity contribution in [1.29, 1.82) is 0 Å². The van der Waals surface area contributed by atoms with Crippen LogP contribution in [0.5, 0.6) is 0 Å². The first kappa shape index (κ1) is 16.8. The Labute approximate surface area is 160 Å². The number of fused-ring (bicyclic) bond motifs is 1. The second kappa shape index (κ2) is 5.94. The second-order valence-electron chi connectivity index (χ2n) is 7.15. The van der Waals surface area contributed by atoms with E-state index in [0.717, 1.165) is 21.9 Å². The van der Waals surface area contributed by atoms with Crippen molar-refractivity contribution in [2.24, 2.45) is 0 Å². The summed E-state index contributed by atoms with van der Waals surface area (Å²) < 4.78 is 9.04. The first-order chi connectivity index (χ1) is 11.4. The molecule has 2 fully saturated rings. The van der Waals surface area contributed by atoms with E-state index in [9.17, 15) is 0 Å². The molecule has 0 aromatic heterocycles.